The van der Waals surface area contributed by atoms with Crippen LogP contribution >= 0.6 is 11.3 Å². The highest BCUT2D eigenvalue weighted by Crippen LogP contribution is 2.33. The van der Waals surface area contributed by atoms with E-state index in [1.54, 1.807) is 31.4 Å². The van der Waals surface area contributed by atoms with Crippen molar-refractivity contribution >= 4 is 23.2 Å². The van der Waals surface area contributed by atoms with Crippen LogP contribution in [0.1, 0.15) is 66.5 Å². The van der Waals surface area contributed by atoms with E-state index in [2.05, 4.69) is 15.5 Å². The molecule has 1 saturated heterocycles. The van der Waals surface area contributed by atoms with Gasteiger partial charge in [-0.2, -0.15) is 0 Å². The van der Waals surface area contributed by atoms with Crippen LogP contribution in [0, 0.1) is 25.2 Å². The van der Waals surface area contributed by atoms with Crippen LogP contribution in [0.3, 0.4) is 0 Å². The fourth-order valence-corrected chi connectivity index (χ4v) is 4.29. The first kappa shape index (κ1) is 20.5. The number of rotatable bonds is 4. The van der Waals surface area contributed by atoms with Crippen LogP contribution in [0.15, 0.2) is 16.1 Å². The minimum atomic E-state index is -0.463. The third-order valence-corrected chi connectivity index (χ3v) is 6.09. The summed E-state index contributed by atoms with van der Waals surface area (Å²) in [6.07, 6.45) is 3.39. The van der Waals surface area contributed by atoms with Gasteiger partial charge in [-0.1, -0.05) is 25.9 Å². The van der Waals surface area contributed by atoms with E-state index in [0.717, 1.165) is 17.8 Å². The summed E-state index contributed by atoms with van der Waals surface area (Å²) in [7, 11) is 0. The molecule has 0 bridgehead atoms. The molecule has 0 saturated carbocycles. The predicted molar refractivity (Wildman–Crippen MR) is 107 cm³/mol. The molecule has 28 heavy (non-hydrogen) atoms. The summed E-state index contributed by atoms with van der Waals surface area (Å²) in [4.78, 5) is 31.8. The second-order valence-corrected chi connectivity index (χ2v) is 9.33. The third kappa shape index (κ3) is 4.27. The van der Waals surface area contributed by atoms with E-state index in [0.29, 0.717) is 30.1 Å². The SMILES string of the molecule is Cc1noc(C)c1C(=O)N1CCC(C(NC(=O)C(C)(C)C)c2nccs2)CC1. The molecular weight excluding hydrogens is 376 g/mol. The van der Waals surface area contributed by atoms with Crippen LogP contribution in [0.25, 0.3) is 0 Å². The molecule has 1 fully saturated rings. The number of aromatic nitrogens is 2. The van der Waals surface area contributed by atoms with E-state index >= 15 is 0 Å². The normalized spacial score (nSPS) is 16.8. The number of nitrogens with one attached hydrogen (secondary N) is 1. The number of hydrogen-bond donors (Lipinski definition) is 1. The molecule has 1 N–H and O–H groups in total. The zero-order valence-corrected chi connectivity index (χ0v) is 17.9. The summed E-state index contributed by atoms with van der Waals surface area (Å²) < 4.78 is 5.14. The van der Waals surface area contributed by atoms with Crippen LogP contribution in [-0.2, 0) is 4.79 Å². The van der Waals surface area contributed by atoms with E-state index in [4.69, 9.17) is 4.52 Å². The molecule has 8 heteroatoms. The van der Waals surface area contributed by atoms with Gasteiger partial charge in [0.1, 0.15) is 16.3 Å². The number of carbonyl (C=O) groups is 2. The van der Waals surface area contributed by atoms with Gasteiger partial charge in [-0.15, -0.1) is 11.3 Å². The van der Waals surface area contributed by atoms with Gasteiger partial charge >= 0.3 is 0 Å². The van der Waals surface area contributed by atoms with Crippen molar-refractivity contribution in [3.63, 3.8) is 0 Å². The topological polar surface area (TPSA) is 88.3 Å². The number of aryl methyl sites for hydroxylation is 2. The van der Waals surface area contributed by atoms with E-state index in [1.807, 2.05) is 31.1 Å². The Morgan fingerprint density at radius 2 is 1.96 bits per heavy atom. The highest BCUT2D eigenvalue weighted by atomic mass is 32.1. The van der Waals surface area contributed by atoms with E-state index in [9.17, 15) is 9.59 Å². The first-order chi connectivity index (χ1) is 13.2. The Bertz CT molecular complexity index is 811. The summed E-state index contributed by atoms with van der Waals surface area (Å²) in [6.45, 7) is 10.6. The highest BCUT2D eigenvalue weighted by molar-refractivity contribution is 7.09. The van der Waals surface area contributed by atoms with Gasteiger partial charge in [-0.05, 0) is 32.6 Å². The summed E-state index contributed by atoms with van der Waals surface area (Å²) in [5.41, 5.74) is 0.730. The Labute approximate surface area is 169 Å². The fourth-order valence-electron chi connectivity index (χ4n) is 3.51. The lowest BCUT2D eigenvalue weighted by atomic mass is 9.87. The molecule has 2 amide bonds. The predicted octanol–water partition coefficient (Wildman–Crippen LogP) is 3.50. The summed E-state index contributed by atoms with van der Waals surface area (Å²) in [5.74, 6) is 0.787. The van der Waals surface area contributed by atoms with Crippen LogP contribution in [0.4, 0.5) is 0 Å². The standard InChI is InChI=1S/C20H28N4O3S/c1-12-15(13(2)27-23-12)18(25)24-9-6-14(7-10-24)16(17-21-8-11-28-17)22-19(26)20(3,4)5/h8,11,14,16H,6-7,9-10H2,1-5H3,(H,22,26). The Morgan fingerprint density at radius 3 is 2.46 bits per heavy atom. The second-order valence-electron chi connectivity index (χ2n) is 8.40. The zero-order valence-electron chi connectivity index (χ0n) is 17.1. The van der Waals surface area contributed by atoms with E-state index in [-0.39, 0.29) is 23.8 Å². The highest BCUT2D eigenvalue weighted by Gasteiger charge is 2.35. The number of piperidine rings is 1. The van der Waals surface area contributed by atoms with E-state index in [1.165, 1.54) is 0 Å². The maximum atomic E-state index is 12.9. The number of amides is 2. The first-order valence-electron chi connectivity index (χ1n) is 9.61. The van der Waals surface area contributed by atoms with Crippen molar-refractivity contribution < 1.29 is 14.1 Å². The zero-order chi connectivity index (χ0) is 20.5. The maximum absolute atomic E-state index is 12.9. The van der Waals surface area contributed by atoms with Crippen molar-refractivity contribution in [3.8, 4) is 0 Å². The Hall–Kier alpha value is -2.22. The first-order valence-corrected chi connectivity index (χ1v) is 10.5. The largest absolute Gasteiger partial charge is 0.361 e. The Kier molecular flexibility index (Phi) is 5.88. The molecule has 0 spiro atoms. The van der Waals surface area contributed by atoms with Gasteiger partial charge in [0.05, 0.1) is 11.7 Å². The van der Waals surface area contributed by atoms with E-state index < -0.39 is 5.41 Å². The molecule has 1 aliphatic heterocycles. The molecule has 0 radical (unpaired) electrons. The number of thiazole rings is 1. The second kappa shape index (κ2) is 8.03. The molecule has 3 rings (SSSR count). The van der Waals surface area contributed by atoms with Gasteiger partial charge < -0.3 is 14.7 Å². The van der Waals surface area contributed by atoms with Crippen LogP contribution in [-0.4, -0.2) is 39.9 Å². The molecule has 1 atom stereocenters. The summed E-state index contributed by atoms with van der Waals surface area (Å²) in [5, 5.41) is 9.94. The van der Waals surface area contributed by atoms with Crippen molar-refractivity contribution in [1.82, 2.24) is 20.4 Å². The van der Waals surface area contributed by atoms with Gasteiger partial charge in [0.15, 0.2) is 0 Å². The van der Waals surface area contributed by atoms with Crippen molar-refractivity contribution in [1.29, 1.82) is 0 Å². The molecule has 2 aromatic heterocycles. The number of carbonyl (C=O) groups excluding carboxylic acids is 2. The summed E-state index contributed by atoms with van der Waals surface area (Å²) >= 11 is 1.56. The van der Waals surface area contributed by atoms with Gasteiger partial charge in [-0.25, -0.2) is 4.98 Å². The maximum Gasteiger partial charge on any atom is 0.259 e. The van der Waals surface area contributed by atoms with Gasteiger partial charge in [0, 0.05) is 30.1 Å². The van der Waals surface area contributed by atoms with Crippen molar-refractivity contribution in [2.24, 2.45) is 11.3 Å². The molecule has 1 aliphatic rings. The van der Waals surface area contributed by atoms with Crippen LogP contribution in [0.2, 0.25) is 0 Å². The lowest BCUT2D eigenvalue weighted by molar-refractivity contribution is -0.129. The number of hydrogen-bond acceptors (Lipinski definition) is 6. The van der Waals surface area contributed by atoms with Crippen molar-refractivity contribution in [2.45, 2.75) is 53.5 Å². The molecule has 2 aromatic rings. The quantitative estimate of drug-likeness (QED) is 0.842. The molecule has 3 heterocycles. The minimum absolute atomic E-state index is 0.0157. The number of nitrogens with zero attached hydrogens (tertiary/aromatic N) is 3. The minimum Gasteiger partial charge on any atom is -0.361 e. The molecule has 0 aliphatic carbocycles. The fraction of sp³-hybridized carbons (Fsp3) is 0.600. The molecule has 1 unspecified atom stereocenters. The Morgan fingerprint density at radius 1 is 1.29 bits per heavy atom. The average molecular weight is 405 g/mol. The average Bonchev–Trinajstić information content (AvgIpc) is 3.28. The van der Waals surface area contributed by atoms with Crippen molar-refractivity contribution in [2.75, 3.05) is 13.1 Å². The monoisotopic (exact) mass is 404 g/mol. The van der Waals surface area contributed by atoms with Crippen LogP contribution < -0.4 is 5.32 Å². The third-order valence-electron chi connectivity index (χ3n) is 5.23. The smallest absolute Gasteiger partial charge is 0.259 e. The van der Waals surface area contributed by atoms with Gasteiger partial charge in [-0.3, -0.25) is 9.59 Å². The molecular formula is C20H28N4O3S. The van der Waals surface area contributed by atoms with Gasteiger partial charge in [0.2, 0.25) is 5.91 Å². The Balaban J connectivity index is 1.70. The van der Waals surface area contributed by atoms with Crippen LogP contribution in [0.5, 0.6) is 0 Å². The lowest BCUT2D eigenvalue weighted by Gasteiger charge is -2.36. The lowest BCUT2D eigenvalue weighted by Crippen LogP contribution is -2.45. The molecule has 0 aromatic carbocycles. The summed E-state index contributed by atoms with van der Waals surface area (Å²) in [6, 6.07) is -0.122. The molecule has 7 nitrogen and oxygen atoms in total. The van der Waals surface area contributed by atoms with Crippen molar-refractivity contribution in [3.05, 3.63) is 33.6 Å². The molecule has 152 valence electrons. The van der Waals surface area contributed by atoms with Gasteiger partial charge in [0.25, 0.3) is 5.91 Å². The number of likely N-dealkylation sites (tertiary alicyclic amines) is 1.